The zero-order valence-corrected chi connectivity index (χ0v) is 20.3. The van der Waals surface area contributed by atoms with Crippen LogP contribution >= 0.6 is 0 Å². The third-order valence-electron chi connectivity index (χ3n) is 4.26. The third-order valence-corrected chi connectivity index (χ3v) is 4.26. The maximum atomic E-state index is 11.7. The third kappa shape index (κ3) is 24.9. The standard InChI is InChI=1S/C28H40N2O4/c1-2-3-4-5-6-7-8-9-10-11-12-13-14-15-16-17-18-19-20-21-26(31)29-24-25-30-27(32)22-23-28(33)34/h3-4,6-7,9-10,12-13,15-16,18-19,22-23H,2,5,8,11,14,17,20-21,24-25H2,1H3,(H,29,31)(H,30,32)(H,33,34)/b4-3?,7-6?,10-9?,13-12?,16-15?,19-18?,23-22+. The molecule has 0 aromatic rings. The highest BCUT2D eigenvalue weighted by Crippen LogP contribution is 1.97. The lowest BCUT2D eigenvalue weighted by molar-refractivity contribution is -0.131. The minimum atomic E-state index is -1.18. The molecule has 0 aliphatic rings. The lowest BCUT2D eigenvalue weighted by atomic mass is 10.2. The molecule has 0 rings (SSSR count). The quantitative estimate of drug-likeness (QED) is 0.135. The Hall–Kier alpha value is -3.41. The first-order valence-corrected chi connectivity index (χ1v) is 11.9. The van der Waals surface area contributed by atoms with Crippen molar-refractivity contribution in [1.29, 1.82) is 0 Å². The highest BCUT2D eigenvalue weighted by atomic mass is 16.4. The second-order valence-corrected chi connectivity index (χ2v) is 7.27. The molecular weight excluding hydrogens is 428 g/mol. The number of allylic oxidation sites excluding steroid dienone is 12. The van der Waals surface area contributed by atoms with Gasteiger partial charge in [-0.1, -0.05) is 79.8 Å². The van der Waals surface area contributed by atoms with Gasteiger partial charge in [-0.15, -0.1) is 0 Å². The molecule has 0 radical (unpaired) electrons. The predicted molar refractivity (Wildman–Crippen MR) is 140 cm³/mol. The summed E-state index contributed by atoms with van der Waals surface area (Å²) in [7, 11) is 0. The van der Waals surface area contributed by atoms with E-state index < -0.39 is 11.9 Å². The van der Waals surface area contributed by atoms with Crippen molar-refractivity contribution in [2.75, 3.05) is 13.1 Å². The molecule has 6 nitrogen and oxygen atoms in total. The molecular formula is C28H40N2O4. The van der Waals surface area contributed by atoms with Crippen molar-refractivity contribution >= 4 is 17.8 Å². The van der Waals surface area contributed by atoms with Crippen molar-refractivity contribution in [3.8, 4) is 0 Å². The van der Waals surface area contributed by atoms with Crippen LogP contribution in [0.2, 0.25) is 0 Å². The smallest absolute Gasteiger partial charge is 0.328 e. The van der Waals surface area contributed by atoms with Gasteiger partial charge in [0, 0.05) is 31.7 Å². The van der Waals surface area contributed by atoms with Crippen LogP contribution in [-0.2, 0) is 14.4 Å². The molecule has 0 fully saturated rings. The van der Waals surface area contributed by atoms with Crippen molar-refractivity contribution in [3.63, 3.8) is 0 Å². The summed E-state index contributed by atoms with van der Waals surface area (Å²) in [5, 5.41) is 13.6. The highest BCUT2D eigenvalue weighted by Gasteiger charge is 2.00. The van der Waals surface area contributed by atoms with Crippen LogP contribution < -0.4 is 10.6 Å². The van der Waals surface area contributed by atoms with Crippen molar-refractivity contribution in [2.24, 2.45) is 0 Å². The molecule has 0 aromatic heterocycles. The van der Waals surface area contributed by atoms with Crippen LogP contribution in [0.15, 0.2) is 85.1 Å². The summed E-state index contributed by atoms with van der Waals surface area (Å²) in [6.07, 6.45) is 34.2. The van der Waals surface area contributed by atoms with Crippen LogP contribution in [0.25, 0.3) is 0 Å². The van der Waals surface area contributed by atoms with E-state index in [4.69, 9.17) is 5.11 Å². The van der Waals surface area contributed by atoms with Crippen LogP contribution in [0, 0.1) is 0 Å². The number of rotatable bonds is 19. The van der Waals surface area contributed by atoms with E-state index in [0.717, 1.165) is 50.7 Å². The number of aliphatic carboxylic acids is 1. The Kier molecular flexibility index (Phi) is 21.8. The fourth-order valence-corrected chi connectivity index (χ4v) is 2.54. The predicted octanol–water partition coefficient (Wildman–Crippen LogP) is 5.34. The fourth-order valence-electron chi connectivity index (χ4n) is 2.54. The van der Waals surface area contributed by atoms with Gasteiger partial charge in [0.2, 0.25) is 11.8 Å². The summed E-state index contributed by atoms with van der Waals surface area (Å²) in [5.74, 6) is -1.78. The Balaban J connectivity index is 3.64. The van der Waals surface area contributed by atoms with E-state index in [1.165, 1.54) is 0 Å². The Morgan fingerprint density at radius 2 is 1.06 bits per heavy atom. The van der Waals surface area contributed by atoms with Gasteiger partial charge in [0.25, 0.3) is 0 Å². The molecule has 0 unspecified atom stereocenters. The summed E-state index contributed by atoms with van der Waals surface area (Å²) < 4.78 is 0. The molecule has 186 valence electrons. The average molecular weight is 469 g/mol. The fraction of sp³-hybridized carbons (Fsp3) is 0.393. The van der Waals surface area contributed by atoms with Crippen LogP contribution in [0.5, 0.6) is 0 Å². The van der Waals surface area contributed by atoms with E-state index in [2.05, 4.69) is 78.3 Å². The summed E-state index contributed by atoms with van der Waals surface area (Å²) >= 11 is 0. The van der Waals surface area contributed by atoms with Crippen molar-refractivity contribution < 1.29 is 19.5 Å². The first-order chi connectivity index (χ1) is 16.6. The molecule has 0 aliphatic heterocycles. The maximum Gasteiger partial charge on any atom is 0.328 e. The lowest BCUT2D eigenvalue weighted by Crippen LogP contribution is -2.33. The number of carboxylic acid groups (broad SMARTS) is 1. The topological polar surface area (TPSA) is 95.5 Å². The summed E-state index contributed by atoms with van der Waals surface area (Å²) in [5.41, 5.74) is 0. The van der Waals surface area contributed by atoms with Gasteiger partial charge < -0.3 is 15.7 Å². The molecule has 2 amide bonds. The van der Waals surface area contributed by atoms with E-state index in [0.29, 0.717) is 19.4 Å². The minimum Gasteiger partial charge on any atom is -0.478 e. The highest BCUT2D eigenvalue weighted by molar-refractivity contribution is 5.93. The van der Waals surface area contributed by atoms with Crippen molar-refractivity contribution in [1.82, 2.24) is 10.6 Å². The second-order valence-electron chi connectivity index (χ2n) is 7.27. The van der Waals surface area contributed by atoms with Gasteiger partial charge in [-0.25, -0.2) is 4.79 Å². The summed E-state index contributed by atoms with van der Waals surface area (Å²) in [4.78, 5) is 33.2. The van der Waals surface area contributed by atoms with Gasteiger partial charge in [-0.2, -0.15) is 0 Å². The molecule has 0 bridgehead atoms. The first-order valence-electron chi connectivity index (χ1n) is 11.9. The van der Waals surface area contributed by atoms with Gasteiger partial charge in [0.05, 0.1) is 0 Å². The minimum absolute atomic E-state index is 0.0881. The van der Waals surface area contributed by atoms with Gasteiger partial charge >= 0.3 is 5.97 Å². The molecule has 0 spiro atoms. The Morgan fingerprint density at radius 1 is 0.618 bits per heavy atom. The van der Waals surface area contributed by atoms with E-state index in [-0.39, 0.29) is 12.5 Å². The van der Waals surface area contributed by atoms with E-state index in [1.807, 2.05) is 12.2 Å². The zero-order valence-electron chi connectivity index (χ0n) is 20.3. The van der Waals surface area contributed by atoms with Crippen LogP contribution in [0.1, 0.15) is 58.3 Å². The number of hydrogen-bond donors (Lipinski definition) is 3. The van der Waals surface area contributed by atoms with Gasteiger partial charge in [-0.3, -0.25) is 9.59 Å². The van der Waals surface area contributed by atoms with Gasteiger partial charge in [-0.05, 0) is 44.9 Å². The lowest BCUT2D eigenvalue weighted by Gasteiger charge is -2.04. The summed E-state index contributed by atoms with van der Waals surface area (Å²) in [6, 6.07) is 0. The number of nitrogens with one attached hydrogen (secondary N) is 2. The monoisotopic (exact) mass is 468 g/mol. The average Bonchev–Trinajstić information content (AvgIpc) is 2.82. The van der Waals surface area contributed by atoms with Crippen molar-refractivity contribution in [3.05, 3.63) is 85.1 Å². The van der Waals surface area contributed by atoms with Gasteiger partial charge in [0.15, 0.2) is 0 Å². The first kappa shape index (κ1) is 30.6. The SMILES string of the molecule is CCC=CCC=CCC=CCC=CCC=CCC=CCCC(=O)NCCNC(=O)/C=C/C(=O)O. The normalized spacial score (nSPS) is 12.5. The van der Waals surface area contributed by atoms with E-state index in [1.54, 1.807) is 0 Å². The zero-order chi connectivity index (χ0) is 25.1. The molecule has 6 heteroatoms. The summed E-state index contributed by atoms with van der Waals surface area (Å²) in [6.45, 7) is 2.69. The van der Waals surface area contributed by atoms with E-state index >= 15 is 0 Å². The second kappa shape index (κ2) is 24.2. The number of carbonyl (C=O) groups excluding carboxylic acids is 2. The molecule has 0 saturated heterocycles. The Bertz CT molecular complexity index is 771. The van der Waals surface area contributed by atoms with Crippen molar-refractivity contribution in [2.45, 2.75) is 58.3 Å². The Labute approximate surface area is 204 Å². The van der Waals surface area contributed by atoms with E-state index in [9.17, 15) is 14.4 Å². The largest absolute Gasteiger partial charge is 0.478 e. The molecule has 0 aromatic carbocycles. The molecule has 34 heavy (non-hydrogen) atoms. The molecule has 0 atom stereocenters. The number of carbonyl (C=O) groups is 3. The molecule has 3 N–H and O–H groups in total. The molecule has 0 saturated carbocycles. The Morgan fingerprint density at radius 3 is 1.53 bits per heavy atom. The number of carboxylic acids is 1. The van der Waals surface area contributed by atoms with Crippen LogP contribution in [0.3, 0.4) is 0 Å². The molecule has 0 heterocycles. The maximum absolute atomic E-state index is 11.7. The van der Waals surface area contributed by atoms with Gasteiger partial charge in [0.1, 0.15) is 0 Å². The number of amides is 2. The van der Waals surface area contributed by atoms with Crippen LogP contribution in [-0.4, -0.2) is 36.0 Å². The molecule has 0 aliphatic carbocycles. The van der Waals surface area contributed by atoms with Crippen LogP contribution in [0.4, 0.5) is 0 Å². The number of hydrogen-bond acceptors (Lipinski definition) is 3.